The van der Waals surface area contributed by atoms with Crippen LogP contribution >= 0.6 is 11.6 Å². The fraction of sp³-hybridized carbons (Fsp3) is 0.160. The lowest BCUT2D eigenvalue weighted by atomic mass is 10.1. The third-order valence-corrected chi connectivity index (χ3v) is 5.84. The summed E-state index contributed by atoms with van der Waals surface area (Å²) < 4.78 is 5.46. The van der Waals surface area contributed by atoms with E-state index in [1.807, 2.05) is 6.92 Å². The zero-order valence-corrected chi connectivity index (χ0v) is 19.4. The zero-order valence-electron chi connectivity index (χ0n) is 18.6. The fourth-order valence-electron chi connectivity index (χ4n) is 3.82. The van der Waals surface area contributed by atoms with Crippen LogP contribution in [-0.2, 0) is 0 Å². The number of nitrogens with zero attached hydrogens (tertiary/aromatic N) is 3. The third kappa shape index (κ3) is 4.71. The molecule has 0 aliphatic carbocycles. The van der Waals surface area contributed by atoms with Gasteiger partial charge in [0, 0.05) is 30.9 Å². The number of halogens is 1. The highest BCUT2D eigenvalue weighted by Gasteiger charge is 2.35. The van der Waals surface area contributed by atoms with Crippen molar-refractivity contribution in [3.05, 3.63) is 98.6 Å². The predicted molar refractivity (Wildman–Crippen MR) is 129 cm³/mol. The van der Waals surface area contributed by atoms with Crippen molar-refractivity contribution >= 4 is 40.7 Å². The summed E-state index contributed by atoms with van der Waals surface area (Å²) in [6, 6.07) is 16.8. The highest BCUT2D eigenvalue weighted by Crippen LogP contribution is 2.28. The van der Waals surface area contributed by atoms with Gasteiger partial charge in [0.2, 0.25) is 0 Å². The van der Waals surface area contributed by atoms with Crippen molar-refractivity contribution in [2.45, 2.75) is 6.92 Å². The first kappa shape index (κ1) is 23.9. The molecule has 0 fully saturated rings. The lowest BCUT2D eigenvalue weighted by molar-refractivity contribution is -0.384. The van der Waals surface area contributed by atoms with E-state index in [2.05, 4.69) is 0 Å². The number of carbonyl (C=O) groups is 3. The maximum Gasteiger partial charge on any atom is 0.270 e. The number of non-ortho nitro benzene ring substituents is 1. The maximum absolute atomic E-state index is 13.5. The van der Waals surface area contributed by atoms with Crippen LogP contribution in [0.15, 0.2) is 66.7 Å². The standard InChI is InChI=1S/C25H20ClN3O6/c1-2-35-18-10-7-16(8-11-18)27(25(32)21-12-9-17(29(33)34)15-22(21)26)13-14-28-23(30)19-5-3-4-6-20(19)24(28)31/h3-12,15H,2,13-14H2,1H3. The Bertz CT molecular complexity index is 1290. The van der Waals surface area contributed by atoms with E-state index in [0.29, 0.717) is 29.2 Å². The number of benzene rings is 3. The first-order valence-corrected chi connectivity index (χ1v) is 11.1. The summed E-state index contributed by atoms with van der Waals surface area (Å²) in [5.41, 5.74) is 0.910. The molecule has 0 radical (unpaired) electrons. The number of rotatable bonds is 8. The molecule has 10 heteroatoms. The molecule has 9 nitrogen and oxygen atoms in total. The number of anilines is 1. The Kier molecular flexibility index (Phi) is 6.79. The van der Waals surface area contributed by atoms with Crippen LogP contribution in [0.3, 0.4) is 0 Å². The van der Waals surface area contributed by atoms with E-state index in [1.54, 1.807) is 48.5 Å². The number of imide groups is 1. The molecule has 0 atom stereocenters. The van der Waals surface area contributed by atoms with Crippen molar-refractivity contribution in [3.8, 4) is 5.75 Å². The van der Waals surface area contributed by atoms with E-state index in [-0.39, 0.29) is 29.4 Å². The molecule has 0 bridgehead atoms. The third-order valence-electron chi connectivity index (χ3n) is 5.52. The number of nitro benzene ring substituents is 1. The van der Waals surface area contributed by atoms with Crippen LogP contribution in [0.4, 0.5) is 11.4 Å². The second-order valence-corrected chi connectivity index (χ2v) is 8.02. The number of amides is 3. The van der Waals surface area contributed by atoms with Gasteiger partial charge in [0.25, 0.3) is 23.4 Å². The summed E-state index contributed by atoms with van der Waals surface area (Å²) in [7, 11) is 0. The molecular formula is C25H20ClN3O6. The minimum absolute atomic E-state index is 0.0222. The topological polar surface area (TPSA) is 110 Å². The van der Waals surface area contributed by atoms with Crippen LogP contribution in [0.5, 0.6) is 5.75 Å². The van der Waals surface area contributed by atoms with E-state index in [4.69, 9.17) is 16.3 Å². The minimum Gasteiger partial charge on any atom is -0.494 e. The molecular weight excluding hydrogens is 474 g/mol. The summed E-state index contributed by atoms with van der Waals surface area (Å²) >= 11 is 6.21. The van der Waals surface area contributed by atoms with Gasteiger partial charge in [-0.15, -0.1) is 0 Å². The molecule has 3 aromatic carbocycles. The van der Waals surface area contributed by atoms with Crippen molar-refractivity contribution in [1.29, 1.82) is 0 Å². The molecule has 3 amide bonds. The van der Waals surface area contributed by atoms with Gasteiger partial charge in [-0.05, 0) is 49.4 Å². The monoisotopic (exact) mass is 493 g/mol. The molecule has 0 spiro atoms. The van der Waals surface area contributed by atoms with Gasteiger partial charge in [-0.3, -0.25) is 29.4 Å². The molecule has 0 unspecified atom stereocenters. The Balaban J connectivity index is 1.63. The highest BCUT2D eigenvalue weighted by molar-refractivity contribution is 6.34. The van der Waals surface area contributed by atoms with Crippen molar-refractivity contribution in [2.24, 2.45) is 0 Å². The first-order chi connectivity index (χ1) is 16.8. The highest BCUT2D eigenvalue weighted by atomic mass is 35.5. The number of carbonyl (C=O) groups excluding carboxylic acids is 3. The fourth-order valence-corrected chi connectivity index (χ4v) is 4.07. The second kappa shape index (κ2) is 9.94. The van der Waals surface area contributed by atoms with Gasteiger partial charge >= 0.3 is 0 Å². The molecule has 4 rings (SSSR count). The van der Waals surface area contributed by atoms with Gasteiger partial charge in [0.05, 0.1) is 33.2 Å². The number of ether oxygens (including phenoxy) is 1. The van der Waals surface area contributed by atoms with Crippen molar-refractivity contribution in [2.75, 3.05) is 24.6 Å². The summed E-state index contributed by atoms with van der Waals surface area (Å²) in [6.45, 7) is 2.24. The molecule has 178 valence electrons. The van der Waals surface area contributed by atoms with E-state index >= 15 is 0 Å². The summed E-state index contributed by atoms with van der Waals surface area (Å²) in [4.78, 5) is 51.9. The van der Waals surface area contributed by atoms with Crippen molar-refractivity contribution < 1.29 is 24.0 Å². The Morgan fingerprint density at radius 1 is 1.03 bits per heavy atom. The quantitative estimate of drug-likeness (QED) is 0.258. The van der Waals surface area contributed by atoms with Crippen LogP contribution < -0.4 is 9.64 Å². The normalized spacial score (nSPS) is 12.5. The van der Waals surface area contributed by atoms with Crippen LogP contribution in [0, 0.1) is 10.1 Å². The Labute approximate surface area is 205 Å². The van der Waals surface area contributed by atoms with Crippen LogP contribution in [0.2, 0.25) is 5.02 Å². The van der Waals surface area contributed by atoms with Crippen LogP contribution in [-0.4, -0.2) is 47.2 Å². The van der Waals surface area contributed by atoms with E-state index in [9.17, 15) is 24.5 Å². The van der Waals surface area contributed by atoms with Gasteiger partial charge in [-0.2, -0.15) is 0 Å². The zero-order chi connectivity index (χ0) is 25.1. The Morgan fingerprint density at radius 3 is 2.20 bits per heavy atom. The molecule has 3 aromatic rings. The van der Waals surface area contributed by atoms with Gasteiger partial charge in [-0.25, -0.2) is 0 Å². The number of fused-ring (bicyclic) bond motifs is 1. The lowest BCUT2D eigenvalue weighted by Gasteiger charge is -2.26. The smallest absolute Gasteiger partial charge is 0.270 e. The average Bonchev–Trinajstić information content (AvgIpc) is 3.10. The minimum atomic E-state index is -0.605. The van der Waals surface area contributed by atoms with Gasteiger partial charge < -0.3 is 9.64 Å². The Hall–Kier alpha value is -4.24. The molecule has 0 aromatic heterocycles. The SMILES string of the molecule is CCOc1ccc(N(CCN2C(=O)c3ccccc3C2=O)C(=O)c2ccc([N+](=O)[O-])cc2Cl)cc1. The van der Waals surface area contributed by atoms with Crippen molar-refractivity contribution in [3.63, 3.8) is 0 Å². The van der Waals surface area contributed by atoms with Crippen LogP contribution in [0.1, 0.15) is 38.0 Å². The van der Waals surface area contributed by atoms with E-state index < -0.39 is 22.6 Å². The predicted octanol–water partition coefficient (Wildman–Crippen LogP) is 4.59. The second-order valence-electron chi connectivity index (χ2n) is 7.61. The first-order valence-electron chi connectivity index (χ1n) is 10.8. The molecule has 1 aliphatic heterocycles. The number of nitro groups is 1. The number of hydrogen-bond donors (Lipinski definition) is 0. The molecule has 0 saturated heterocycles. The largest absolute Gasteiger partial charge is 0.494 e. The summed E-state index contributed by atoms with van der Waals surface area (Å²) in [5, 5.41) is 11.0. The lowest BCUT2D eigenvalue weighted by Crippen LogP contribution is -2.41. The number of hydrogen-bond acceptors (Lipinski definition) is 6. The maximum atomic E-state index is 13.5. The molecule has 0 saturated carbocycles. The summed E-state index contributed by atoms with van der Waals surface area (Å²) in [6.07, 6.45) is 0. The van der Waals surface area contributed by atoms with Gasteiger partial charge in [-0.1, -0.05) is 23.7 Å². The van der Waals surface area contributed by atoms with Crippen molar-refractivity contribution in [1.82, 2.24) is 4.90 Å². The molecule has 1 aliphatic rings. The average molecular weight is 494 g/mol. The van der Waals surface area contributed by atoms with E-state index in [0.717, 1.165) is 11.0 Å². The molecule has 0 N–H and O–H groups in total. The van der Waals surface area contributed by atoms with Gasteiger partial charge in [0.15, 0.2) is 0 Å². The van der Waals surface area contributed by atoms with Crippen LogP contribution in [0.25, 0.3) is 0 Å². The van der Waals surface area contributed by atoms with E-state index in [1.165, 1.54) is 17.0 Å². The summed E-state index contributed by atoms with van der Waals surface area (Å²) in [5.74, 6) is -0.792. The van der Waals surface area contributed by atoms with Gasteiger partial charge in [0.1, 0.15) is 5.75 Å². The molecule has 35 heavy (non-hydrogen) atoms. The Morgan fingerprint density at radius 2 is 1.66 bits per heavy atom. The molecule has 1 heterocycles.